The molecule has 2 heteroatoms. The predicted molar refractivity (Wildman–Crippen MR) is 80.0 cm³/mol. The molecule has 0 spiro atoms. The van der Waals surface area contributed by atoms with Gasteiger partial charge in [0.2, 0.25) is 0 Å². The number of rotatable bonds is 6. The molecule has 1 aromatic carbocycles. The van der Waals surface area contributed by atoms with E-state index in [1.54, 1.807) is 0 Å². The van der Waals surface area contributed by atoms with E-state index >= 15 is 0 Å². The zero-order chi connectivity index (χ0) is 13.5. The van der Waals surface area contributed by atoms with E-state index in [2.05, 4.69) is 60.5 Å². The molecule has 1 unspecified atom stereocenters. The highest BCUT2D eigenvalue weighted by Gasteiger charge is 2.12. The largest absolute Gasteiger partial charge is 0.306 e. The van der Waals surface area contributed by atoms with Crippen molar-refractivity contribution < 1.29 is 0 Å². The Balaban J connectivity index is 1.96. The van der Waals surface area contributed by atoms with Crippen LogP contribution in [0.25, 0.3) is 0 Å². The Hall–Kier alpha value is -1.67. The Bertz CT molecular complexity index is 467. The lowest BCUT2D eigenvalue weighted by molar-refractivity contribution is 0.434. The van der Waals surface area contributed by atoms with Gasteiger partial charge in [-0.15, -0.1) is 0 Å². The highest BCUT2D eigenvalue weighted by molar-refractivity contribution is 5.16. The van der Waals surface area contributed by atoms with Crippen molar-refractivity contribution in [1.82, 2.24) is 10.3 Å². The normalized spacial score (nSPS) is 14.0. The quantitative estimate of drug-likeness (QED) is 0.849. The third kappa shape index (κ3) is 4.18. The Morgan fingerprint density at radius 2 is 1.79 bits per heavy atom. The molecule has 0 aliphatic rings. The number of hydrogen-bond acceptors (Lipinski definition) is 2. The fourth-order valence-corrected chi connectivity index (χ4v) is 2.29. The SMILES string of the molecule is CCC(Cc1ccccc1)N[C@H](C)c1ccccn1. The lowest BCUT2D eigenvalue weighted by Gasteiger charge is -2.22. The van der Waals surface area contributed by atoms with Crippen molar-refractivity contribution in [2.45, 2.75) is 38.8 Å². The van der Waals surface area contributed by atoms with Crippen LogP contribution in [0.5, 0.6) is 0 Å². The minimum absolute atomic E-state index is 0.287. The molecule has 0 bridgehead atoms. The molecule has 0 saturated carbocycles. The van der Waals surface area contributed by atoms with E-state index in [1.165, 1.54) is 5.56 Å². The van der Waals surface area contributed by atoms with Gasteiger partial charge in [0.1, 0.15) is 0 Å². The van der Waals surface area contributed by atoms with E-state index in [-0.39, 0.29) is 6.04 Å². The van der Waals surface area contributed by atoms with Crippen molar-refractivity contribution in [3.63, 3.8) is 0 Å². The topological polar surface area (TPSA) is 24.9 Å². The lowest BCUT2D eigenvalue weighted by Crippen LogP contribution is -2.33. The molecule has 0 aliphatic heterocycles. The number of nitrogens with one attached hydrogen (secondary N) is 1. The van der Waals surface area contributed by atoms with Gasteiger partial charge in [-0.2, -0.15) is 0 Å². The summed E-state index contributed by atoms with van der Waals surface area (Å²) in [6.45, 7) is 4.40. The zero-order valence-electron chi connectivity index (χ0n) is 11.7. The molecule has 0 saturated heterocycles. The van der Waals surface area contributed by atoms with E-state index in [9.17, 15) is 0 Å². The second kappa shape index (κ2) is 7.05. The molecule has 2 nitrogen and oxygen atoms in total. The van der Waals surface area contributed by atoms with Gasteiger partial charge in [0.25, 0.3) is 0 Å². The molecule has 2 aromatic rings. The second-order valence-corrected chi connectivity index (χ2v) is 4.94. The molecule has 0 aliphatic carbocycles. The van der Waals surface area contributed by atoms with Crippen LogP contribution < -0.4 is 5.32 Å². The van der Waals surface area contributed by atoms with Crippen LogP contribution >= 0.6 is 0 Å². The summed E-state index contributed by atoms with van der Waals surface area (Å²) in [5.74, 6) is 0. The van der Waals surface area contributed by atoms with Gasteiger partial charge in [-0.1, -0.05) is 43.3 Å². The monoisotopic (exact) mass is 254 g/mol. The summed E-state index contributed by atoms with van der Waals surface area (Å²) in [6.07, 6.45) is 4.03. The van der Waals surface area contributed by atoms with Gasteiger partial charge in [-0.05, 0) is 37.5 Å². The standard InChI is InChI=1S/C17H22N2/c1-3-16(13-15-9-5-4-6-10-15)19-14(2)17-11-7-8-12-18-17/h4-12,14,16,19H,3,13H2,1-2H3/t14-,16?/m1/s1. The second-order valence-electron chi connectivity index (χ2n) is 4.94. The fourth-order valence-electron chi connectivity index (χ4n) is 2.29. The Morgan fingerprint density at radius 1 is 1.05 bits per heavy atom. The molecule has 2 rings (SSSR count). The first kappa shape index (κ1) is 13.8. The van der Waals surface area contributed by atoms with Gasteiger partial charge < -0.3 is 5.32 Å². The van der Waals surface area contributed by atoms with Crippen LogP contribution in [0.3, 0.4) is 0 Å². The van der Waals surface area contributed by atoms with Crippen molar-refractivity contribution in [1.29, 1.82) is 0 Å². The summed E-state index contributed by atoms with van der Waals surface area (Å²) < 4.78 is 0. The van der Waals surface area contributed by atoms with Crippen LogP contribution in [-0.2, 0) is 6.42 Å². The van der Waals surface area contributed by atoms with Crippen molar-refractivity contribution in [3.05, 3.63) is 66.0 Å². The van der Waals surface area contributed by atoms with Crippen LogP contribution in [0.2, 0.25) is 0 Å². The highest BCUT2D eigenvalue weighted by Crippen LogP contribution is 2.13. The Morgan fingerprint density at radius 3 is 2.42 bits per heavy atom. The van der Waals surface area contributed by atoms with Gasteiger partial charge >= 0.3 is 0 Å². The van der Waals surface area contributed by atoms with Crippen LogP contribution in [0, 0.1) is 0 Å². The maximum atomic E-state index is 4.41. The average Bonchev–Trinajstić information content (AvgIpc) is 2.48. The van der Waals surface area contributed by atoms with Crippen molar-refractivity contribution in [2.75, 3.05) is 0 Å². The van der Waals surface area contributed by atoms with Crippen molar-refractivity contribution >= 4 is 0 Å². The van der Waals surface area contributed by atoms with E-state index in [1.807, 2.05) is 18.3 Å². The number of aromatic nitrogens is 1. The summed E-state index contributed by atoms with van der Waals surface area (Å²) in [7, 11) is 0. The molecule has 1 heterocycles. The first-order valence-electron chi connectivity index (χ1n) is 7.00. The molecule has 100 valence electrons. The molecule has 0 amide bonds. The fraction of sp³-hybridized carbons (Fsp3) is 0.353. The summed E-state index contributed by atoms with van der Waals surface area (Å²) in [5.41, 5.74) is 2.49. The van der Waals surface area contributed by atoms with Crippen LogP contribution in [0.15, 0.2) is 54.7 Å². The van der Waals surface area contributed by atoms with E-state index in [4.69, 9.17) is 0 Å². The van der Waals surface area contributed by atoms with E-state index in [0.29, 0.717) is 6.04 Å². The van der Waals surface area contributed by atoms with Crippen LogP contribution in [-0.4, -0.2) is 11.0 Å². The van der Waals surface area contributed by atoms with Gasteiger partial charge in [0.15, 0.2) is 0 Å². The molecule has 19 heavy (non-hydrogen) atoms. The number of hydrogen-bond donors (Lipinski definition) is 1. The van der Waals surface area contributed by atoms with Gasteiger partial charge in [0, 0.05) is 18.3 Å². The molecule has 1 N–H and O–H groups in total. The number of nitrogens with zero attached hydrogens (tertiary/aromatic N) is 1. The molecule has 2 atom stereocenters. The number of benzene rings is 1. The molecule has 0 fully saturated rings. The summed E-state index contributed by atoms with van der Waals surface area (Å²) in [6, 6.07) is 17.5. The van der Waals surface area contributed by atoms with Gasteiger partial charge in [-0.25, -0.2) is 0 Å². The van der Waals surface area contributed by atoms with E-state index < -0.39 is 0 Å². The minimum Gasteiger partial charge on any atom is -0.306 e. The molecular weight excluding hydrogens is 232 g/mol. The van der Waals surface area contributed by atoms with Crippen molar-refractivity contribution in [3.8, 4) is 0 Å². The number of pyridine rings is 1. The first-order chi connectivity index (χ1) is 9.29. The third-order valence-electron chi connectivity index (χ3n) is 3.43. The predicted octanol–water partition coefficient (Wildman–Crippen LogP) is 3.75. The van der Waals surface area contributed by atoms with Crippen molar-refractivity contribution in [2.24, 2.45) is 0 Å². The average molecular weight is 254 g/mol. The Kier molecular flexibility index (Phi) is 5.10. The van der Waals surface area contributed by atoms with Gasteiger partial charge in [0.05, 0.1) is 5.69 Å². The summed E-state index contributed by atoms with van der Waals surface area (Å²) in [5, 5.41) is 3.67. The molecule has 0 radical (unpaired) electrons. The maximum Gasteiger partial charge on any atom is 0.0570 e. The molecular formula is C17H22N2. The van der Waals surface area contributed by atoms with Crippen LogP contribution in [0.4, 0.5) is 0 Å². The molecule has 1 aromatic heterocycles. The van der Waals surface area contributed by atoms with Crippen LogP contribution in [0.1, 0.15) is 37.6 Å². The summed E-state index contributed by atoms with van der Waals surface area (Å²) >= 11 is 0. The van der Waals surface area contributed by atoms with Gasteiger partial charge in [-0.3, -0.25) is 4.98 Å². The Labute approximate surface area is 115 Å². The third-order valence-corrected chi connectivity index (χ3v) is 3.43. The minimum atomic E-state index is 0.287. The lowest BCUT2D eigenvalue weighted by atomic mass is 10.0. The zero-order valence-corrected chi connectivity index (χ0v) is 11.7. The van der Waals surface area contributed by atoms with E-state index in [0.717, 1.165) is 18.5 Å². The first-order valence-corrected chi connectivity index (χ1v) is 7.00. The summed E-state index contributed by atoms with van der Waals surface area (Å²) in [4.78, 5) is 4.41. The smallest absolute Gasteiger partial charge is 0.0570 e. The maximum absolute atomic E-state index is 4.41. The highest BCUT2D eigenvalue weighted by atomic mass is 15.0.